The molecule has 8 aromatic rings. The topological polar surface area (TPSA) is 497 Å². The van der Waals surface area contributed by atoms with Crippen LogP contribution in [0.3, 0.4) is 0 Å². The molecule has 9 heterocycles. The first-order valence-electron chi connectivity index (χ1n) is 15.4. The van der Waals surface area contributed by atoms with E-state index in [4.69, 9.17) is 18.9 Å². The van der Waals surface area contributed by atoms with Gasteiger partial charge in [0.15, 0.2) is 0 Å². The predicted octanol–water partition coefficient (Wildman–Crippen LogP) is 4.47. The summed E-state index contributed by atoms with van der Waals surface area (Å²) < 4.78 is 59.4. The van der Waals surface area contributed by atoms with Crippen LogP contribution in [0.1, 0.15) is 0 Å². The molecule has 60 heavy (non-hydrogen) atoms. The van der Waals surface area contributed by atoms with Gasteiger partial charge in [0.2, 0.25) is 0 Å². The molecule has 0 saturated heterocycles. The molecule has 40 heteroatoms. The van der Waals surface area contributed by atoms with Crippen molar-refractivity contribution in [3.63, 3.8) is 0 Å². The van der Waals surface area contributed by atoms with Crippen molar-refractivity contribution in [3.05, 3.63) is 0 Å². The molecule has 0 radical (unpaired) electrons. The molecule has 0 bridgehead atoms. The van der Waals surface area contributed by atoms with Crippen LogP contribution in [0.15, 0.2) is 98.4 Å². The van der Waals surface area contributed by atoms with Crippen LogP contribution in [-0.4, -0.2) is 109 Å². The molecule has 0 aromatic carbocycles. The van der Waals surface area contributed by atoms with Gasteiger partial charge in [0.25, 0.3) is 69.8 Å². The number of aromatic nitrogens is 16. The van der Waals surface area contributed by atoms with Gasteiger partial charge in [-0.15, -0.1) is 61.4 Å². The van der Waals surface area contributed by atoms with Crippen molar-refractivity contribution in [1.82, 2.24) is 82.5 Å². The molecule has 40 nitrogen and oxygen atoms in total. The van der Waals surface area contributed by atoms with Gasteiger partial charge in [-0.2, -0.15) is 0 Å². The van der Waals surface area contributed by atoms with E-state index in [1.165, 1.54) is 0 Å². The van der Waals surface area contributed by atoms with E-state index in [1.807, 2.05) is 0 Å². The van der Waals surface area contributed by atoms with E-state index < -0.39 is 0 Å². The van der Waals surface area contributed by atoms with Crippen molar-refractivity contribution >= 4 is 69.8 Å². The van der Waals surface area contributed by atoms with Crippen molar-refractivity contribution < 1.29 is 56.0 Å². The summed E-state index contributed by atoms with van der Waals surface area (Å²) in [6.07, 6.45) is 0. The van der Waals surface area contributed by atoms with E-state index in [-0.39, 0.29) is 120 Å². The molecule has 9 rings (SSSR count). The maximum absolute atomic E-state index is 5.49. The fourth-order valence-electron chi connectivity index (χ4n) is 3.65. The number of nitrogens with zero attached hydrogens (tertiary/aromatic N) is 28. The summed E-state index contributed by atoms with van der Waals surface area (Å²) in [5.74, 6) is -3.84. The predicted molar refractivity (Wildman–Crippen MR) is 161 cm³/mol. The van der Waals surface area contributed by atoms with Crippen molar-refractivity contribution in [3.8, 4) is 23.5 Å². The van der Waals surface area contributed by atoms with Gasteiger partial charge in [-0.25, -0.2) is 37.0 Å². The highest BCUT2D eigenvalue weighted by atomic mass is 16.6. The Balaban J connectivity index is 0.948. The summed E-state index contributed by atoms with van der Waals surface area (Å²) in [4.78, 5) is 0. The van der Waals surface area contributed by atoms with Crippen LogP contribution >= 0.6 is 0 Å². The molecule has 0 fully saturated rings. The van der Waals surface area contributed by atoms with Crippen molar-refractivity contribution in [2.24, 2.45) is 61.4 Å². The quantitative estimate of drug-likeness (QED) is 0.203. The molecular formula is C20H8N28O12. The van der Waals surface area contributed by atoms with Crippen LogP contribution in [0.25, 0.3) is 0 Å². The Hall–Kier alpha value is -10.1. The first kappa shape index (κ1) is 35.6. The highest BCUT2D eigenvalue weighted by molar-refractivity contribution is 5.53. The van der Waals surface area contributed by atoms with Gasteiger partial charge in [0.1, 0.15) is 26.4 Å². The second-order valence-electron chi connectivity index (χ2n) is 9.81. The van der Waals surface area contributed by atoms with Crippen LogP contribution in [0.5, 0.6) is 23.5 Å². The minimum Gasteiger partial charge on any atom is -0.469 e. The summed E-state index contributed by atoms with van der Waals surface area (Å²) in [5.41, 5.74) is 0. The first-order chi connectivity index (χ1) is 29.7. The summed E-state index contributed by atoms with van der Waals surface area (Å²) in [6.45, 7) is -0.672. The van der Waals surface area contributed by atoms with E-state index in [9.17, 15) is 0 Å². The molecule has 8 aromatic heterocycles. The number of ether oxygens (including phenoxy) is 4. The molecule has 0 atom stereocenters. The lowest BCUT2D eigenvalue weighted by Crippen LogP contribution is -2.09. The van der Waals surface area contributed by atoms with Crippen molar-refractivity contribution in [2.75, 3.05) is 26.4 Å². The monoisotopic (exact) mass is 832 g/mol. The fourth-order valence-corrected chi connectivity index (χ4v) is 3.65. The highest BCUT2D eigenvalue weighted by Crippen LogP contribution is 2.34. The van der Waals surface area contributed by atoms with Gasteiger partial charge >= 0.3 is 23.5 Å². The fraction of sp³-hybridized carbons (Fsp3) is 0.200. The van der Waals surface area contributed by atoms with Crippen LogP contribution < -0.4 is 18.9 Å². The third-order valence-corrected chi connectivity index (χ3v) is 6.15. The first-order valence-corrected chi connectivity index (χ1v) is 15.4. The second kappa shape index (κ2) is 16.7. The maximum Gasteiger partial charge on any atom is 0.304 e. The Labute approximate surface area is 320 Å². The lowest BCUT2D eigenvalue weighted by atomic mass is 10.6. The van der Waals surface area contributed by atoms with Gasteiger partial charge in [0, 0.05) is 0 Å². The van der Waals surface area contributed by atoms with Crippen LogP contribution in [0, 0.1) is 0 Å². The van der Waals surface area contributed by atoms with E-state index >= 15 is 0 Å². The van der Waals surface area contributed by atoms with Gasteiger partial charge in [-0.05, 0) is 82.5 Å². The van der Waals surface area contributed by atoms with Crippen LogP contribution in [-0.2, 0) is 0 Å². The molecular weight excluding hydrogens is 824 g/mol. The molecule has 1 aliphatic heterocycles. The Morgan fingerprint density at radius 2 is 0.333 bits per heavy atom. The second-order valence-corrected chi connectivity index (χ2v) is 9.81. The van der Waals surface area contributed by atoms with Crippen molar-refractivity contribution in [2.45, 2.75) is 0 Å². The largest absolute Gasteiger partial charge is 0.469 e. The zero-order valence-corrected chi connectivity index (χ0v) is 28.2. The maximum atomic E-state index is 5.49. The molecule has 0 unspecified atom stereocenters. The number of hydrogen-bond donors (Lipinski definition) is 0. The average molecular weight is 832 g/mol. The van der Waals surface area contributed by atoms with E-state index in [2.05, 4.69) is 181 Å². The number of hydrogen-bond acceptors (Lipinski definition) is 40. The third-order valence-electron chi connectivity index (χ3n) is 6.15. The average Bonchev–Trinajstić information content (AvgIpc) is 4.12. The lowest BCUT2D eigenvalue weighted by Gasteiger charge is -2.02. The minimum absolute atomic E-state index is 0.168. The number of fused-ring (bicyclic) bond motifs is 8. The molecule has 300 valence electrons. The molecule has 0 spiro atoms. The summed E-state index contributed by atoms with van der Waals surface area (Å²) >= 11 is 0. The summed E-state index contributed by atoms with van der Waals surface area (Å²) in [7, 11) is 0. The number of rotatable bonds is 0. The highest BCUT2D eigenvalue weighted by Gasteiger charge is 2.20. The van der Waals surface area contributed by atoms with Crippen LogP contribution in [0.2, 0.25) is 0 Å². The van der Waals surface area contributed by atoms with E-state index in [0.29, 0.717) is 0 Å². The van der Waals surface area contributed by atoms with Gasteiger partial charge in [-0.1, -0.05) is 0 Å². The zero-order chi connectivity index (χ0) is 40.4. The third kappa shape index (κ3) is 8.13. The molecule has 0 saturated carbocycles. The Kier molecular flexibility index (Phi) is 9.94. The summed E-state index contributed by atoms with van der Waals surface area (Å²) in [6, 6.07) is 0. The standard InChI is InChI=1S/C20H8N28O12/c1-2-50-18-14(42-58-46-18)30-26-10-6(34-54-38-10)22-24-8-12(40-56-36-8)28-32-16-20(48-60-44-16)52-4-3-51-19-15(43-59-47-19)31-27-11-7(35-55-39-11)23-21-5-9(37-53-33-5)25-29-13-17(49-1)45-57-41-13/h1-4H2. The Morgan fingerprint density at radius 1 is 0.183 bits per heavy atom. The number of azo groups is 6. The lowest BCUT2D eigenvalue weighted by molar-refractivity contribution is 0.188. The Bertz CT molecular complexity index is 2470. The molecule has 1 aliphatic rings. The Morgan fingerprint density at radius 3 is 0.533 bits per heavy atom. The van der Waals surface area contributed by atoms with Gasteiger partial charge in [-0.3, -0.25) is 0 Å². The van der Waals surface area contributed by atoms with Gasteiger partial charge < -0.3 is 18.9 Å². The minimum atomic E-state index is -0.272. The van der Waals surface area contributed by atoms with Crippen molar-refractivity contribution in [1.29, 1.82) is 0 Å². The molecule has 0 N–H and O–H groups in total. The normalized spacial score (nSPS) is 13.9. The smallest absolute Gasteiger partial charge is 0.304 e. The summed E-state index contributed by atoms with van der Waals surface area (Å²) in [5, 5.41) is 104. The van der Waals surface area contributed by atoms with Gasteiger partial charge in [0.05, 0.1) is 0 Å². The SMILES string of the molecule is C1COc2nonc2N=Nc2nonc2N=Nc2nonc2N=Nc2nonc2OCCOc2nonc2N=Nc2nonc2N=Nc2nonc2N=Nc2nonc2O1. The van der Waals surface area contributed by atoms with E-state index in [1.54, 1.807) is 0 Å². The van der Waals surface area contributed by atoms with Crippen LogP contribution in [0.4, 0.5) is 69.8 Å². The van der Waals surface area contributed by atoms with E-state index in [0.717, 1.165) is 0 Å². The zero-order valence-electron chi connectivity index (χ0n) is 28.2. The molecule has 0 amide bonds. The molecule has 0 aliphatic carbocycles.